The molecule has 0 fully saturated rings. The van der Waals surface area contributed by atoms with Crippen LogP contribution in [0.1, 0.15) is 20.7 Å². The summed E-state index contributed by atoms with van der Waals surface area (Å²) in [5.41, 5.74) is -1.83. The van der Waals surface area contributed by atoms with Crippen LogP contribution in [0.5, 0.6) is 11.5 Å². The summed E-state index contributed by atoms with van der Waals surface area (Å²) < 4.78 is 14.0. The molecule has 0 aromatic heterocycles. The monoisotopic (exact) mass is 285 g/mol. The molecule has 0 radical (unpaired) electrons. The van der Waals surface area contributed by atoms with E-state index in [2.05, 4.69) is 4.74 Å². The van der Waals surface area contributed by atoms with Crippen LogP contribution in [0, 0.1) is 10.1 Å². The Kier molecular flexibility index (Phi) is 4.46. The summed E-state index contributed by atoms with van der Waals surface area (Å²) in [6.07, 6.45) is 0. The van der Waals surface area contributed by atoms with Crippen molar-refractivity contribution in [3.8, 4) is 11.5 Å². The molecular weight excluding hydrogens is 274 g/mol. The van der Waals surface area contributed by atoms with Gasteiger partial charge < -0.3 is 19.3 Å². The largest absolute Gasteiger partial charge is 0.496 e. The zero-order valence-corrected chi connectivity index (χ0v) is 10.8. The van der Waals surface area contributed by atoms with Gasteiger partial charge in [0.25, 0.3) is 0 Å². The number of ether oxygens (including phenoxy) is 3. The second-order valence-corrected chi connectivity index (χ2v) is 3.44. The molecule has 1 aromatic carbocycles. The molecular formula is C11H11NO8. The number of esters is 1. The molecule has 1 aromatic rings. The number of rotatable bonds is 5. The summed E-state index contributed by atoms with van der Waals surface area (Å²) in [6, 6.07) is 0.959. The van der Waals surface area contributed by atoms with Crippen molar-refractivity contribution in [2.24, 2.45) is 0 Å². The number of nitrogens with zero attached hydrogens (tertiary/aromatic N) is 1. The van der Waals surface area contributed by atoms with Crippen molar-refractivity contribution in [2.75, 3.05) is 21.3 Å². The summed E-state index contributed by atoms with van der Waals surface area (Å²) in [7, 11) is 3.23. The van der Waals surface area contributed by atoms with Gasteiger partial charge in [0.05, 0.1) is 26.3 Å². The SMILES string of the molecule is COC(=O)c1c(OC)cc(C(=O)O)c(OC)c1[N+](=O)[O-]. The third-order valence-electron chi connectivity index (χ3n) is 2.44. The Morgan fingerprint density at radius 3 is 2.20 bits per heavy atom. The minimum atomic E-state index is -1.46. The van der Waals surface area contributed by atoms with Gasteiger partial charge in [-0.15, -0.1) is 0 Å². The van der Waals surface area contributed by atoms with Crippen molar-refractivity contribution in [2.45, 2.75) is 0 Å². The Morgan fingerprint density at radius 2 is 1.85 bits per heavy atom. The maximum Gasteiger partial charge on any atom is 0.348 e. The summed E-state index contributed by atoms with van der Waals surface area (Å²) in [6.45, 7) is 0. The van der Waals surface area contributed by atoms with Crippen LogP contribution in [0.25, 0.3) is 0 Å². The van der Waals surface area contributed by atoms with E-state index >= 15 is 0 Å². The molecule has 0 amide bonds. The Balaban J connectivity index is 3.87. The van der Waals surface area contributed by atoms with Gasteiger partial charge in [0.1, 0.15) is 11.3 Å². The molecule has 9 heteroatoms. The van der Waals surface area contributed by atoms with Gasteiger partial charge in [0.15, 0.2) is 5.56 Å². The molecule has 0 aliphatic carbocycles. The van der Waals surface area contributed by atoms with Crippen molar-refractivity contribution in [1.29, 1.82) is 0 Å². The number of hydrogen-bond donors (Lipinski definition) is 1. The predicted molar refractivity (Wildman–Crippen MR) is 64.5 cm³/mol. The highest BCUT2D eigenvalue weighted by atomic mass is 16.6. The molecule has 0 saturated carbocycles. The quantitative estimate of drug-likeness (QED) is 0.484. The molecule has 0 atom stereocenters. The van der Waals surface area contributed by atoms with Gasteiger partial charge in [0.2, 0.25) is 5.75 Å². The first-order valence-corrected chi connectivity index (χ1v) is 5.14. The maximum absolute atomic E-state index is 11.7. The summed E-state index contributed by atoms with van der Waals surface area (Å²) in [5, 5.41) is 20.2. The first kappa shape index (κ1) is 15.2. The van der Waals surface area contributed by atoms with Gasteiger partial charge in [-0.2, -0.15) is 0 Å². The Hall–Kier alpha value is -2.84. The standard InChI is InChI=1S/C11H11NO8/c1-18-6-4-5(10(13)14)9(19-2)8(12(16)17)7(6)11(15)20-3/h4H,1-3H3,(H,13,14). The number of methoxy groups -OCH3 is 3. The van der Waals surface area contributed by atoms with Crippen molar-refractivity contribution in [3.05, 3.63) is 27.3 Å². The molecule has 20 heavy (non-hydrogen) atoms. The molecule has 9 nitrogen and oxygen atoms in total. The molecule has 0 spiro atoms. The number of carboxylic acids is 1. The minimum absolute atomic E-state index is 0.290. The lowest BCUT2D eigenvalue weighted by atomic mass is 10.1. The van der Waals surface area contributed by atoms with E-state index < -0.39 is 39.4 Å². The van der Waals surface area contributed by atoms with Crippen molar-refractivity contribution in [1.82, 2.24) is 0 Å². The number of nitro groups is 1. The van der Waals surface area contributed by atoms with Gasteiger partial charge in [-0.3, -0.25) is 10.1 Å². The van der Waals surface area contributed by atoms with Crippen LogP contribution in [-0.4, -0.2) is 43.3 Å². The normalized spacial score (nSPS) is 9.75. The van der Waals surface area contributed by atoms with Crippen molar-refractivity contribution < 1.29 is 33.8 Å². The molecule has 108 valence electrons. The Morgan fingerprint density at radius 1 is 1.25 bits per heavy atom. The van der Waals surface area contributed by atoms with Crippen LogP contribution in [0.3, 0.4) is 0 Å². The Labute approximate surface area is 112 Å². The summed E-state index contributed by atoms with van der Waals surface area (Å²) >= 11 is 0. The molecule has 0 heterocycles. The number of aromatic carboxylic acids is 1. The zero-order chi connectivity index (χ0) is 15.4. The van der Waals surface area contributed by atoms with E-state index in [-0.39, 0.29) is 5.75 Å². The lowest BCUT2D eigenvalue weighted by Gasteiger charge is -2.12. The van der Waals surface area contributed by atoms with Crippen LogP contribution in [0.4, 0.5) is 5.69 Å². The van der Waals surface area contributed by atoms with E-state index in [1.165, 1.54) is 0 Å². The predicted octanol–water partition coefficient (Wildman–Crippen LogP) is 1.10. The van der Waals surface area contributed by atoms with Gasteiger partial charge >= 0.3 is 17.6 Å². The molecule has 0 unspecified atom stereocenters. The van der Waals surface area contributed by atoms with Crippen LogP contribution in [0.2, 0.25) is 0 Å². The van der Waals surface area contributed by atoms with Crippen molar-refractivity contribution in [3.63, 3.8) is 0 Å². The smallest absolute Gasteiger partial charge is 0.348 e. The molecule has 0 bridgehead atoms. The van der Waals surface area contributed by atoms with E-state index in [1.54, 1.807) is 0 Å². The van der Waals surface area contributed by atoms with Crippen molar-refractivity contribution >= 4 is 17.6 Å². The van der Waals surface area contributed by atoms with Gasteiger partial charge in [-0.25, -0.2) is 9.59 Å². The van der Waals surface area contributed by atoms with E-state index in [0.717, 1.165) is 27.4 Å². The fraction of sp³-hybridized carbons (Fsp3) is 0.273. The molecule has 0 aliphatic heterocycles. The topological polar surface area (TPSA) is 125 Å². The maximum atomic E-state index is 11.7. The van der Waals surface area contributed by atoms with Crippen LogP contribution >= 0.6 is 0 Å². The van der Waals surface area contributed by atoms with Crippen LogP contribution in [0.15, 0.2) is 6.07 Å². The summed E-state index contributed by atoms with van der Waals surface area (Å²) in [4.78, 5) is 33.0. The fourth-order valence-corrected chi connectivity index (χ4v) is 1.63. The summed E-state index contributed by atoms with van der Waals surface area (Å²) in [5.74, 6) is -3.34. The third-order valence-corrected chi connectivity index (χ3v) is 2.44. The number of hydrogen-bond acceptors (Lipinski definition) is 7. The van der Waals surface area contributed by atoms with Gasteiger partial charge in [-0.1, -0.05) is 0 Å². The average molecular weight is 285 g/mol. The van der Waals surface area contributed by atoms with E-state index in [1.807, 2.05) is 0 Å². The van der Waals surface area contributed by atoms with E-state index in [9.17, 15) is 19.7 Å². The third kappa shape index (κ3) is 2.46. The fourth-order valence-electron chi connectivity index (χ4n) is 1.63. The first-order chi connectivity index (χ1) is 9.38. The number of nitro benzene ring substituents is 1. The molecule has 1 rings (SSSR count). The lowest BCUT2D eigenvalue weighted by molar-refractivity contribution is -0.386. The van der Waals surface area contributed by atoms with E-state index in [0.29, 0.717) is 0 Å². The number of carbonyl (C=O) groups excluding carboxylic acids is 1. The van der Waals surface area contributed by atoms with Gasteiger partial charge in [-0.05, 0) is 6.07 Å². The average Bonchev–Trinajstić information content (AvgIpc) is 2.43. The highest BCUT2D eigenvalue weighted by Gasteiger charge is 2.35. The lowest BCUT2D eigenvalue weighted by Crippen LogP contribution is -2.12. The first-order valence-electron chi connectivity index (χ1n) is 5.14. The number of carboxylic acid groups (broad SMARTS) is 1. The highest BCUT2D eigenvalue weighted by Crippen LogP contribution is 2.40. The second-order valence-electron chi connectivity index (χ2n) is 3.44. The molecule has 1 N–H and O–H groups in total. The molecule has 0 saturated heterocycles. The molecule has 0 aliphatic rings. The van der Waals surface area contributed by atoms with Crippen LogP contribution in [-0.2, 0) is 4.74 Å². The number of benzene rings is 1. The zero-order valence-electron chi connectivity index (χ0n) is 10.8. The minimum Gasteiger partial charge on any atom is -0.496 e. The van der Waals surface area contributed by atoms with Gasteiger partial charge in [0, 0.05) is 0 Å². The second kappa shape index (κ2) is 5.87. The highest BCUT2D eigenvalue weighted by molar-refractivity contribution is 6.03. The number of carbonyl (C=O) groups is 2. The van der Waals surface area contributed by atoms with E-state index in [4.69, 9.17) is 14.6 Å². The Bertz CT molecular complexity index is 580. The van der Waals surface area contributed by atoms with Crippen LogP contribution < -0.4 is 9.47 Å².